The molecule has 0 amide bonds. The molecule has 0 atom stereocenters. The Morgan fingerprint density at radius 1 is 1.30 bits per heavy atom. The van der Waals surface area contributed by atoms with E-state index in [9.17, 15) is 4.79 Å². The van der Waals surface area contributed by atoms with Gasteiger partial charge in [0.2, 0.25) is 4.77 Å². The molecular weight excluding hydrogens is 364 g/mol. The van der Waals surface area contributed by atoms with Crippen molar-refractivity contribution >= 4 is 18.2 Å². The lowest BCUT2D eigenvalue weighted by atomic mass is 10.2. The lowest BCUT2D eigenvalue weighted by Crippen LogP contribution is -2.37. The summed E-state index contributed by atoms with van der Waals surface area (Å²) in [4.78, 5) is 18.4. The van der Waals surface area contributed by atoms with Crippen molar-refractivity contribution in [2.24, 2.45) is 0 Å². The number of nitrogens with zero attached hydrogens (tertiary/aromatic N) is 3. The van der Waals surface area contributed by atoms with Crippen LogP contribution in [0.15, 0.2) is 24.3 Å². The summed E-state index contributed by atoms with van der Waals surface area (Å²) in [6.45, 7) is 1.24. The molecule has 1 aliphatic rings. The fourth-order valence-corrected chi connectivity index (χ4v) is 3.68. The van der Waals surface area contributed by atoms with Gasteiger partial charge in [-0.15, -0.1) is 0 Å². The van der Waals surface area contributed by atoms with Gasteiger partial charge < -0.3 is 9.47 Å². The van der Waals surface area contributed by atoms with Crippen LogP contribution in [0.1, 0.15) is 32.1 Å². The van der Waals surface area contributed by atoms with Crippen molar-refractivity contribution in [3.8, 4) is 17.1 Å². The molecule has 1 aliphatic carbocycles. The second-order valence-electron chi connectivity index (χ2n) is 6.73. The number of carbonyl (C=O) groups is 1. The lowest BCUT2D eigenvalue weighted by molar-refractivity contribution is -0.141. The number of aromatic nitrogens is 3. The number of carbonyl (C=O) groups excluding carboxylic acids is 1. The molecule has 0 spiro atoms. The van der Waals surface area contributed by atoms with Gasteiger partial charge in [0.25, 0.3) is 0 Å². The fourth-order valence-electron chi connectivity index (χ4n) is 3.49. The monoisotopic (exact) mass is 390 g/mol. The molecule has 0 aliphatic heterocycles. The molecule has 1 N–H and O–H groups in total. The zero-order chi connectivity index (χ0) is 19.2. The number of rotatable bonds is 8. The Balaban J connectivity index is 1.75. The first kappa shape index (κ1) is 19.6. The first-order valence-corrected chi connectivity index (χ1v) is 9.63. The molecule has 2 aromatic rings. The van der Waals surface area contributed by atoms with Crippen LogP contribution in [-0.4, -0.2) is 52.4 Å². The molecule has 7 nitrogen and oxygen atoms in total. The van der Waals surface area contributed by atoms with Crippen molar-refractivity contribution in [3.05, 3.63) is 29.0 Å². The van der Waals surface area contributed by atoms with Crippen molar-refractivity contribution in [1.29, 1.82) is 0 Å². The van der Waals surface area contributed by atoms with Gasteiger partial charge in [-0.2, -0.15) is 4.98 Å². The van der Waals surface area contributed by atoms with E-state index in [1.54, 1.807) is 7.11 Å². The largest absolute Gasteiger partial charge is 0.497 e. The Labute approximate surface area is 164 Å². The summed E-state index contributed by atoms with van der Waals surface area (Å²) in [5, 5.41) is 3.29. The van der Waals surface area contributed by atoms with Gasteiger partial charge in [0, 0.05) is 18.2 Å². The van der Waals surface area contributed by atoms with E-state index in [0.29, 0.717) is 30.4 Å². The highest BCUT2D eigenvalue weighted by atomic mass is 32.1. The summed E-state index contributed by atoms with van der Waals surface area (Å²) in [7, 11) is 3.07. The Bertz CT molecular complexity index is 809. The van der Waals surface area contributed by atoms with Crippen molar-refractivity contribution in [3.63, 3.8) is 0 Å². The molecule has 146 valence electrons. The number of H-pyrrole nitrogens is 1. The molecule has 1 saturated carbocycles. The molecule has 0 radical (unpaired) electrons. The number of ether oxygens (including phenoxy) is 2. The standard InChI is InChI=1S/C19H26N4O3S/c1-25-16-9-7-14(8-10-16)18-20-19(27)23(21-18)13-22(12-11-17(24)26-2)15-5-3-4-6-15/h7-10,15H,3-6,11-13H2,1-2H3,(H,20,21,27). The lowest BCUT2D eigenvalue weighted by Gasteiger charge is -2.28. The van der Waals surface area contributed by atoms with Gasteiger partial charge in [-0.1, -0.05) is 12.8 Å². The molecule has 1 fully saturated rings. The van der Waals surface area contributed by atoms with Crippen LogP contribution in [0.3, 0.4) is 0 Å². The Kier molecular flexibility index (Phi) is 6.63. The van der Waals surface area contributed by atoms with Crippen LogP contribution < -0.4 is 4.74 Å². The highest BCUT2D eigenvalue weighted by Gasteiger charge is 2.24. The molecule has 27 heavy (non-hydrogen) atoms. The van der Waals surface area contributed by atoms with Crippen molar-refractivity contribution in [2.45, 2.75) is 44.8 Å². The Morgan fingerprint density at radius 2 is 2.00 bits per heavy atom. The van der Waals surface area contributed by atoms with Crippen LogP contribution >= 0.6 is 12.2 Å². The normalized spacial score (nSPS) is 14.6. The van der Waals surface area contributed by atoms with E-state index in [1.165, 1.54) is 20.0 Å². The first-order valence-electron chi connectivity index (χ1n) is 9.23. The Hall–Kier alpha value is -2.19. The molecule has 1 aromatic carbocycles. The van der Waals surface area contributed by atoms with E-state index in [4.69, 9.17) is 21.7 Å². The fraction of sp³-hybridized carbons (Fsp3) is 0.526. The molecule has 8 heteroatoms. The number of hydrogen-bond donors (Lipinski definition) is 1. The minimum Gasteiger partial charge on any atom is -0.497 e. The van der Waals surface area contributed by atoms with Gasteiger partial charge >= 0.3 is 5.97 Å². The maximum atomic E-state index is 11.6. The van der Waals surface area contributed by atoms with E-state index in [2.05, 4.69) is 15.0 Å². The van der Waals surface area contributed by atoms with Gasteiger partial charge in [-0.05, 0) is 49.3 Å². The summed E-state index contributed by atoms with van der Waals surface area (Å²) >= 11 is 5.45. The second kappa shape index (κ2) is 9.14. The van der Waals surface area contributed by atoms with Crippen molar-refractivity contribution in [1.82, 2.24) is 19.7 Å². The van der Waals surface area contributed by atoms with E-state index >= 15 is 0 Å². The SMILES string of the molecule is COC(=O)CCN(Cn1[nH]c(-c2ccc(OC)cc2)nc1=S)C1CCCC1. The third kappa shape index (κ3) is 4.95. The molecule has 0 saturated heterocycles. The van der Waals surface area contributed by atoms with Gasteiger partial charge in [0.05, 0.1) is 27.3 Å². The molecular formula is C19H26N4O3S. The van der Waals surface area contributed by atoms with Gasteiger partial charge in [0.1, 0.15) is 5.75 Å². The highest BCUT2D eigenvalue weighted by Crippen LogP contribution is 2.25. The van der Waals surface area contributed by atoms with Crippen LogP contribution in [0, 0.1) is 4.77 Å². The number of benzene rings is 1. The van der Waals surface area contributed by atoms with Crippen LogP contribution in [0.4, 0.5) is 0 Å². The van der Waals surface area contributed by atoms with E-state index in [-0.39, 0.29) is 5.97 Å². The van der Waals surface area contributed by atoms with Gasteiger partial charge in [-0.25, -0.2) is 4.68 Å². The first-order chi connectivity index (χ1) is 13.1. The predicted octanol–water partition coefficient (Wildman–Crippen LogP) is 3.38. The third-order valence-corrected chi connectivity index (χ3v) is 5.35. The zero-order valence-electron chi connectivity index (χ0n) is 15.8. The summed E-state index contributed by atoms with van der Waals surface area (Å²) < 4.78 is 12.4. The van der Waals surface area contributed by atoms with Crippen LogP contribution in [0.2, 0.25) is 0 Å². The second-order valence-corrected chi connectivity index (χ2v) is 7.09. The molecule has 0 unspecified atom stereocenters. The third-order valence-electron chi connectivity index (χ3n) is 5.04. The average molecular weight is 391 g/mol. The summed E-state index contributed by atoms with van der Waals surface area (Å²) in [6, 6.07) is 8.15. The summed E-state index contributed by atoms with van der Waals surface area (Å²) in [6.07, 6.45) is 5.12. The minimum absolute atomic E-state index is 0.190. The quantitative estimate of drug-likeness (QED) is 0.550. The molecule has 0 bridgehead atoms. The van der Waals surface area contributed by atoms with Crippen molar-refractivity contribution in [2.75, 3.05) is 20.8 Å². The molecule has 1 heterocycles. The number of nitrogens with one attached hydrogen (secondary N) is 1. The Morgan fingerprint density at radius 3 is 2.63 bits per heavy atom. The highest BCUT2D eigenvalue weighted by molar-refractivity contribution is 7.71. The van der Waals surface area contributed by atoms with E-state index in [0.717, 1.165) is 30.0 Å². The number of aromatic amines is 1. The average Bonchev–Trinajstić information content (AvgIpc) is 3.35. The van der Waals surface area contributed by atoms with Gasteiger partial charge in [0.15, 0.2) is 5.82 Å². The topological polar surface area (TPSA) is 72.4 Å². The summed E-state index contributed by atoms with van der Waals surface area (Å²) in [5.41, 5.74) is 0.947. The minimum atomic E-state index is -0.190. The number of esters is 1. The number of methoxy groups -OCH3 is 2. The van der Waals surface area contributed by atoms with Crippen LogP contribution in [0.25, 0.3) is 11.4 Å². The summed E-state index contributed by atoms with van der Waals surface area (Å²) in [5.74, 6) is 1.33. The van der Waals surface area contributed by atoms with E-state index < -0.39 is 0 Å². The van der Waals surface area contributed by atoms with Gasteiger partial charge in [-0.3, -0.25) is 14.8 Å². The molecule has 3 rings (SSSR count). The number of hydrogen-bond acceptors (Lipinski definition) is 6. The molecule has 1 aromatic heterocycles. The van der Waals surface area contributed by atoms with Crippen molar-refractivity contribution < 1.29 is 14.3 Å². The van der Waals surface area contributed by atoms with E-state index in [1.807, 2.05) is 28.9 Å². The predicted molar refractivity (Wildman–Crippen MR) is 105 cm³/mol. The maximum Gasteiger partial charge on any atom is 0.306 e. The zero-order valence-corrected chi connectivity index (χ0v) is 16.6. The maximum absolute atomic E-state index is 11.6. The van der Waals surface area contributed by atoms with Crippen LogP contribution in [-0.2, 0) is 16.2 Å². The smallest absolute Gasteiger partial charge is 0.306 e. The van der Waals surface area contributed by atoms with Crippen LogP contribution in [0.5, 0.6) is 5.75 Å².